The zero-order valence-corrected chi connectivity index (χ0v) is 7.04. The Morgan fingerprint density at radius 2 is 2.31 bits per heavy atom. The fraction of sp³-hybridized carbons (Fsp3) is 0.100. The van der Waals surface area contributed by atoms with Crippen LogP contribution in [0.4, 0.5) is 0 Å². The number of H-pyrrole nitrogens is 1. The summed E-state index contributed by atoms with van der Waals surface area (Å²) in [6.45, 7) is 0.495. The summed E-state index contributed by atoms with van der Waals surface area (Å²) in [6, 6.07) is 7.76. The van der Waals surface area contributed by atoms with Gasteiger partial charge in [0.05, 0.1) is 11.1 Å². The first-order chi connectivity index (χ1) is 6.36. The molecule has 0 fully saturated rings. The molecule has 0 amide bonds. The number of fused-ring (bicyclic) bond motifs is 1. The van der Waals surface area contributed by atoms with E-state index in [9.17, 15) is 0 Å². The van der Waals surface area contributed by atoms with Crippen LogP contribution in [-0.4, -0.2) is 4.98 Å². The number of hydrogen-bond acceptors (Lipinski definition) is 2. The van der Waals surface area contributed by atoms with E-state index in [0.717, 1.165) is 16.5 Å². The third-order valence-corrected chi connectivity index (χ3v) is 2.14. The predicted molar refractivity (Wildman–Crippen MR) is 50.9 cm³/mol. The van der Waals surface area contributed by atoms with Crippen molar-refractivity contribution in [3.05, 3.63) is 35.5 Å². The van der Waals surface area contributed by atoms with E-state index in [1.54, 1.807) is 6.07 Å². The molecule has 13 heavy (non-hydrogen) atoms. The van der Waals surface area contributed by atoms with Gasteiger partial charge in [0.2, 0.25) is 0 Å². The topological polar surface area (TPSA) is 65.6 Å². The van der Waals surface area contributed by atoms with Crippen LogP contribution in [-0.2, 0) is 6.54 Å². The Morgan fingerprint density at radius 1 is 1.46 bits per heavy atom. The first-order valence-electron chi connectivity index (χ1n) is 4.06. The maximum atomic E-state index is 8.82. The molecule has 3 N–H and O–H groups in total. The third-order valence-electron chi connectivity index (χ3n) is 2.14. The van der Waals surface area contributed by atoms with E-state index in [1.807, 2.05) is 18.3 Å². The van der Waals surface area contributed by atoms with Crippen molar-refractivity contribution in [2.24, 2.45) is 5.73 Å². The standard InChI is InChI=1S/C10H9N3/c11-4-7-2-1-3-9-8(5-12)6-13-10(7)9/h1-3,6,13H,5,12H2. The lowest BCUT2D eigenvalue weighted by molar-refractivity contribution is 1.08. The molecular formula is C10H9N3. The molecule has 0 bridgehead atoms. The van der Waals surface area contributed by atoms with Gasteiger partial charge in [-0.05, 0) is 11.6 Å². The smallest absolute Gasteiger partial charge is 0.101 e. The Balaban J connectivity index is 2.81. The van der Waals surface area contributed by atoms with E-state index < -0.39 is 0 Å². The summed E-state index contributed by atoms with van der Waals surface area (Å²) in [5, 5.41) is 9.86. The second-order valence-corrected chi connectivity index (χ2v) is 2.86. The molecule has 0 aliphatic carbocycles. The molecule has 2 rings (SSSR count). The van der Waals surface area contributed by atoms with Crippen LogP contribution < -0.4 is 5.73 Å². The molecule has 1 aromatic heterocycles. The van der Waals surface area contributed by atoms with Crippen LogP contribution in [0, 0.1) is 11.3 Å². The quantitative estimate of drug-likeness (QED) is 0.682. The van der Waals surface area contributed by atoms with Crippen molar-refractivity contribution in [3.63, 3.8) is 0 Å². The molecule has 3 nitrogen and oxygen atoms in total. The van der Waals surface area contributed by atoms with Crippen LogP contribution in [0.1, 0.15) is 11.1 Å². The predicted octanol–water partition coefficient (Wildman–Crippen LogP) is 1.50. The Kier molecular flexibility index (Phi) is 1.76. The van der Waals surface area contributed by atoms with Gasteiger partial charge in [0.25, 0.3) is 0 Å². The van der Waals surface area contributed by atoms with Gasteiger partial charge in [0.15, 0.2) is 0 Å². The Morgan fingerprint density at radius 3 is 3.00 bits per heavy atom. The van der Waals surface area contributed by atoms with Crippen LogP contribution in [0.15, 0.2) is 24.4 Å². The lowest BCUT2D eigenvalue weighted by Gasteiger charge is -1.94. The Bertz CT molecular complexity index is 476. The molecule has 0 unspecified atom stereocenters. The number of para-hydroxylation sites is 1. The van der Waals surface area contributed by atoms with Crippen LogP contribution in [0.25, 0.3) is 10.9 Å². The number of nitriles is 1. The van der Waals surface area contributed by atoms with Gasteiger partial charge in [-0.1, -0.05) is 12.1 Å². The second-order valence-electron chi connectivity index (χ2n) is 2.86. The number of hydrogen-bond donors (Lipinski definition) is 2. The van der Waals surface area contributed by atoms with Gasteiger partial charge in [0, 0.05) is 18.1 Å². The number of benzene rings is 1. The normalized spacial score (nSPS) is 10.2. The van der Waals surface area contributed by atoms with Crippen molar-refractivity contribution < 1.29 is 0 Å². The highest BCUT2D eigenvalue weighted by molar-refractivity contribution is 5.87. The van der Waals surface area contributed by atoms with Gasteiger partial charge in [-0.3, -0.25) is 0 Å². The third kappa shape index (κ3) is 1.08. The van der Waals surface area contributed by atoms with E-state index in [0.29, 0.717) is 12.1 Å². The van der Waals surface area contributed by atoms with Crippen LogP contribution in [0.5, 0.6) is 0 Å². The van der Waals surface area contributed by atoms with Gasteiger partial charge >= 0.3 is 0 Å². The summed E-state index contributed by atoms with van der Waals surface area (Å²) < 4.78 is 0. The minimum atomic E-state index is 0.495. The molecule has 64 valence electrons. The van der Waals surface area contributed by atoms with Crippen molar-refractivity contribution in [2.75, 3.05) is 0 Å². The minimum absolute atomic E-state index is 0.495. The Hall–Kier alpha value is -1.79. The van der Waals surface area contributed by atoms with Crippen molar-refractivity contribution >= 4 is 10.9 Å². The molecule has 0 saturated heterocycles. The minimum Gasteiger partial charge on any atom is -0.360 e. The number of nitrogens with two attached hydrogens (primary N) is 1. The largest absolute Gasteiger partial charge is 0.360 e. The lowest BCUT2D eigenvalue weighted by Crippen LogP contribution is -1.93. The van der Waals surface area contributed by atoms with E-state index in [4.69, 9.17) is 11.0 Å². The van der Waals surface area contributed by atoms with Gasteiger partial charge in [-0.15, -0.1) is 0 Å². The fourth-order valence-corrected chi connectivity index (χ4v) is 1.47. The maximum absolute atomic E-state index is 8.82. The molecule has 0 atom stereocenters. The first kappa shape index (κ1) is 7.84. The van der Waals surface area contributed by atoms with Gasteiger partial charge in [0.1, 0.15) is 6.07 Å². The average Bonchev–Trinajstić information content (AvgIpc) is 2.60. The summed E-state index contributed by atoms with van der Waals surface area (Å²) in [6.07, 6.45) is 1.85. The van der Waals surface area contributed by atoms with Gasteiger partial charge < -0.3 is 10.7 Å². The number of nitrogens with one attached hydrogen (secondary N) is 1. The highest BCUT2D eigenvalue weighted by Crippen LogP contribution is 2.20. The van der Waals surface area contributed by atoms with Gasteiger partial charge in [-0.2, -0.15) is 5.26 Å². The zero-order chi connectivity index (χ0) is 9.26. The molecule has 0 aliphatic rings. The van der Waals surface area contributed by atoms with Gasteiger partial charge in [-0.25, -0.2) is 0 Å². The van der Waals surface area contributed by atoms with E-state index >= 15 is 0 Å². The fourth-order valence-electron chi connectivity index (χ4n) is 1.47. The molecule has 0 saturated carbocycles. The van der Waals surface area contributed by atoms with Crippen molar-refractivity contribution in [3.8, 4) is 6.07 Å². The molecule has 0 spiro atoms. The molecule has 3 heteroatoms. The number of aromatic amines is 1. The zero-order valence-electron chi connectivity index (χ0n) is 7.04. The number of rotatable bonds is 1. The SMILES string of the molecule is N#Cc1cccc2c(CN)c[nH]c12. The summed E-state index contributed by atoms with van der Waals surface area (Å²) in [7, 11) is 0. The molecule has 1 aromatic carbocycles. The summed E-state index contributed by atoms with van der Waals surface area (Å²) in [4.78, 5) is 3.06. The number of nitrogens with zero attached hydrogens (tertiary/aromatic N) is 1. The molecule has 0 radical (unpaired) electrons. The monoisotopic (exact) mass is 171 g/mol. The van der Waals surface area contributed by atoms with Crippen LogP contribution >= 0.6 is 0 Å². The van der Waals surface area contributed by atoms with E-state index in [2.05, 4.69) is 11.1 Å². The van der Waals surface area contributed by atoms with Crippen molar-refractivity contribution in [1.29, 1.82) is 5.26 Å². The summed E-state index contributed by atoms with van der Waals surface area (Å²) >= 11 is 0. The van der Waals surface area contributed by atoms with E-state index in [1.165, 1.54) is 0 Å². The summed E-state index contributed by atoms with van der Waals surface area (Å²) in [5.41, 5.74) is 8.14. The average molecular weight is 171 g/mol. The van der Waals surface area contributed by atoms with Crippen LogP contribution in [0.3, 0.4) is 0 Å². The summed E-state index contributed by atoms with van der Waals surface area (Å²) in [5.74, 6) is 0. The highest BCUT2D eigenvalue weighted by atomic mass is 14.7. The second kappa shape index (κ2) is 2.92. The first-order valence-corrected chi connectivity index (χ1v) is 4.06. The van der Waals surface area contributed by atoms with Crippen molar-refractivity contribution in [2.45, 2.75) is 6.54 Å². The molecular weight excluding hydrogens is 162 g/mol. The maximum Gasteiger partial charge on any atom is 0.101 e. The number of aromatic nitrogens is 1. The van der Waals surface area contributed by atoms with Crippen LogP contribution in [0.2, 0.25) is 0 Å². The lowest BCUT2D eigenvalue weighted by atomic mass is 10.1. The van der Waals surface area contributed by atoms with E-state index in [-0.39, 0.29) is 0 Å². The van der Waals surface area contributed by atoms with Crippen molar-refractivity contribution in [1.82, 2.24) is 4.98 Å². The Labute approximate surface area is 75.8 Å². The molecule has 1 heterocycles. The molecule has 2 aromatic rings. The molecule has 0 aliphatic heterocycles. The highest BCUT2D eigenvalue weighted by Gasteiger charge is 2.04.